The van der Waals surface area contributed by atoms with Gasteiger partial charge >= 0.3 is 11.7 Å². The molecular formula is C22H31N5O6. The normalized spacial score (nSPS) is 10.6. The topological polar surface area (TPSA) is 160 Å². The Labute approximate surface area is 191 Å². The summed E-state index contributed by atoms with van der Waals surface area (Å²) < 4.78 is 6.43. The molecule has 0 bridgehead atoms. The van der Waals surface area contributed by atoms with Crippen molar-refractivity contribution in [3.8, 4) is 0 Å². The summed E-state index contributed by atoms with van der Waals surface area (Å²) in [5, 5.41) is 11.9. The van der Waals surface area contributed by atoms with Crippen LogP contribution in [0.1, 0.15) is 43.5 Å². The molecule has 2 rings (SSSR count). The van der Waals surface area contributed by atoms with Crippen LogP contribution in [0, 0.1) is 0 Å². The minimum Gasteiger partial charge on any atom is -0.452 e. The van der Waals surface area contributed by atoms with Crippen molar-refractivity contribution >= 4 is 29.1 Å². The van der Waals surface area contributed by atoms with E-state index in [2.05, 4.69) is 10.3 Å². The first kappa shape index (κ1) is 25.7. The van der Waals surface area contributed by atoms with Gasteiger partial charge in [0.1, 0.15) is 5.82 Å². The summed E-state index contributed by atoms with van der Waals surface area (Å²) >= 11 is 0. The van der Waals surface area contributed by atoms with Gasteiger partial charge in [-0.2, -0.15) is 0 Å². The molecule has 1 amide bonds. The summed E-state index contributed by atoms with van der Waals surface area (Å²) in [6, 6.07) is 6.55. The number of para-hydroxylation sites is 1. The van der Waals surface area contributed by atoms with Gasteiger partial charge in [-0.1, -0.05) is 32.4 Å². The van der Waals surface area contributed by atoms with Gasteiger partial charge in [0.15, 0.2) is 12.3 Å². The Hall–Kier alpha value is -3.60. The predicted octanol–water partition coefficient (Wildman–Crippen LogP) is 0.923. The zero-order valence-corrected chi connectivity index (χ0v) is 18.9. The van der Waals surface area contributed by atoms with Crippen LogP contribution >= 0.6 is 0 Å². The molecule has 0 radical (unpaired) electrons. The number of nitrogen functional groups attached to an aromatic ring is 1. The second kappa shape index (κ2) is 12.4. The van der Waals surface area contributed by atoms with E-state index in [0.29, 0.717) is 18.5 Å². The Bertz CT molecular complexity index is 1080. The standard InChI is InChI=1S/C22H31N5O6/c1-3-5-12-26(18-19(23)27(11-4-2)22(32)25-20(18)30)17(29)14-33-21(31)15-8-6-7-9-16(15)24-10-13-28/h6-9,24,28H,3-5,10-14,23H2,1-2H3,(H,25,30,32). The van der Waals surface area contributed by atoms with E-state index in [0.717, 1.165) is 11.3 Å². The van der Waals surface area contributed by atoms with E-state index in [4.69, 9.17) is 15.6 Å². The number of anilines is 3. The number of nitrogens with two attached hydrogens (primary N) is 1. The van der Waals surface area contributed by atoms with Gasteiger partial charge in [-0.05, 0) is 25.0 Å². The molecule has 0 aliphatic heterocycles. The molecule has 0 spiro atoms. The Balaban J connectivity index is 2.28. The number of ether oxygens (including phenoxy) is 1. The first-order valence-electron chi connectivity index (χ1n) is 10.9. The lowest BCUT2D eigenvalue weighted by Crippen LogP contribution is -2.43. The molecule has 1 aromatic heterocycles. The third-order valence-electron chi connectivity index (χ3n) is 4.87. The number of H-pyrrole nitrogens is 1. The molecule has 0 aliphatic rings. The van der Waals surface area contributed by atoms with Gasteiger partial charge < -0.3 is 25.8 Å². The molecule has 0 unspecified atom stereocenters. The second-order valence-electron chi connectivity index (χ2n) is 7.32. The second-order valence-corrected chi connectivity index (χ2v) is 7.32. The van der Waals surface area contributed by atoms with Crippen molar-refractivity contribution in [2.45, 2.75) is 39.7 Å². The average molecular weight is 462 g/mol. The number of carbonyl (C=O) groups is 2. The molecule has 33 heavy (non-hydrogen) atoms. The highest BCUT2D eigenvalue weighted by Crippen LogP contribution is 2.19. The fourth-order valence-corrected chi connectivity index (χ4v) is 3.25. The molecule has 180 valence electrons. The van der Waals surface area contributed by atoms with E-state index in [-0.39, 0.29) is 43.3 Å². The van der Waals surface area contributed by atoms with Crippen LogP contribution < -0.4 is 27.2 Å². The van der Waals surface area contributed by atoms with Gasteiger partial charge in [-0.25, -0.2) is 9.59 Å². The van der Waals surface area contributed by atoms with Crippen LogP contribution in [0.4, 0.5) is 17.2 Å². The van der Waals surface area contributed by atoms with E-state index in [9.17, 15) is 19.2 Å². The van der Waals surface area contributed by atoms with E-state index in [1.54, 1.807) is 18.2 Å². The number of unbranched alkanes of at least 4 members (excludes halogenated alkanes) is 1. The van der Waals surface area contributed by atoms with E-state index >= 15 is 0 Å². The molecule has 1 aromatic carbocycles. The molecule has 0 atom stereocenters. The van der Waals surface area contributed by atoms with Crippen LogP contribution in [0.25, 0.3) is 0 Å². The zero-order chi connectivity index (χ0) is 24.4. The van der Waals surface area contributed by atoms with E-state index in [1.165, 1.54) is 10.6 Å². The number of nitrogens with one attached hydrogen (secondary N) is 2. The quantitative estimate of drug-likeness (QED) is 0.340. The number of carbonyl (C=O) groups excluding carboxylic acids is 2. The molecule has 0 aliphatic carbocycles. The van der Waals surface area contributed by atoms with Gasteiger partial charge in [-0.3, -0.25) is 19.1 Å². The minimum absolute atomic E-state index is 0.111. The van der Waals surface area contributed by atoms with Crippen LogP contribution in [0.2, 0.25) is 0 Å². The van der Waals surface area contributed by atoms with Gasteiger partial charge in [0.25, 0.3) is 11.5 Å². The van der Waals surface area contributed by atoms with E-state index in [1.807, 2.05) is 13.8 Å². The lowest BCUT2D eigenvalue weighted by molar-refractivity contribution is -0.121. The molecule has 11 nitrogen and oxygen atoms in total. The Kier molecular flexibility index (Phi) is 9.67. The highest BCUT2D eigenvalue weighted by atomic mass is 16.5. The lowest BCUT2D eigenvalue weighted by Gasteiger charge is -2.24. The maximum Gasteiger partial charge on any atom is 0.340 e. The molecular weight excluding hydrogens is 430 g/mol. The predicted molar refractivity (Wildman–Crippen MR) is 126 cm³/mol. The fraction of sp³-hybridized carbons (Fsp3) is 0.455. The molecule has 0 fully saturated rings. The number of amides is 1. The van der Waals surface area contributed by atoms with Gasteiger partial charge in [0.05, 0.1) is 12.2 Å². The Morgan fingerprint density at radius 1 is 1.21 bits per heavy atom. The minimum atomic E-state index is -0.779. The van der Waals surface area contributed by atoms with Gasteiger partial charge in [0.2, 0.25) is 0 Å². The SMILES string of the molecule is CCCCN(C(=O)COC(=O)c1ccccc1NCCO)c1c(N)n(CCC)c(=O)[nH]c1=O. The van der Waals surface area contributed by atoms with Crippen LogP contribution in [-0.4, -0.2) is 52.8 Å². The van der Waals surface area contributed by atoms with Gasteiger partial charge in [0, 0.05) is 25.3 Å². The van der Waals surface area contributed by atoms with Crippen molar-refractivity contribution in [3.05, 3.63) is 50.7 Å². The van der Waals surface area contributed by atoms with Crippen LogP contribution in [0.5, 0.6) is 0 Å². The van der Waals surface area contributed by atoms with Crippen molar-refractivity contribution in [2.75, 3.05) is 42.3 Å². The number of rotatable bonds is 12. The Morgan fingerprint density at radius 2 is 1.94 bits per heavy atom. The first-order valence-corrected chi connectivity index (χ1v) is 10.9. The number of esters is 1. The molecule has 0 saturated heterocycles. The Morgan fingerprint density at radius 3 is 2.61 bits per heavy atom. The number of aliphatic hydroxyl groups excluding tert-OH is 1. The molecule has 11 heteroatoms. The zero-order valence-electron chi connectivity index (χ0n) is 18.9. The van der Waals surface area contributed by atoms with E-state index < -0.39 is 29.7 Å². The van der Waals surface area contributed by atoms with Crippen LogP contribution in [0.15, 0.2) is 33.9 Å². The van der Waals surface area contributed by atoms with Crippen molar-refractivity contribution in [1.29, 1.82) is 0 Å². The highest BCUT2D eigenvalue weighted by Gasteiger charge is 2.25. The maximum absolute atomic E-state index is 13.0. The largest absolute Gasteiger partial charge is 0.452 e. The summed E-state index contributed by atoms with van der Waals surface area (Å²) in [5.41, 5.74) is 5.20. The average Bonchev–Trinajstić information content (AvgIpc) is 2.80. The number of nitrogens with zero attached hydrogens (tertiary/aromatic N) is 2. The van der Waals surface area contributed by atoms with Crippen molar-refractivity contribution in [1.82, 2.24) is 9.55 Å². The number of hydrogen-bond donors (Lipinski definition) is 4. The van der Waals surface area contributed by atoms with Crippen LogP contribution in [-0.2, 0) is 16.1 Å². The van der Waals surface area contributed by atoms with Crippen LogP contribution in [0.3, 0.4) is 0 Å². The first-order chi connectivity index (χ1) is 15.8. The smallest absolute Gasteiger partial charge is 0.340 e. The molecule has 1 heterocycles. The van der Waals surface area contributed by atoms with Crippen molar-refractivity contribution < 1.29 is 19.4 Å². The fourth-order valence-electron chi connectivity index (χ4n) is 3.25. The summed E-state index contributed by atoms with van der Waals surface area (Å²) in [7, 11) is 0. The number of aliphatic hydroxyl groups is 1. The summed E-state index contributed by atoms with van der Waals surface area (Å²) in [6.45, 7) is 3.71. The number of hydrogen-bond acceptors (Lipinski definition) is 8. The summed E-state index contributed by atoms with van der Waals surface area (Å²) in [6.07, 6.45) is 1.90. The number of benzene rings is 1. The summed E-state index contributed by atoms with van der Waals surface area (Å²) in [4.78, 5) is 53.6. The number of aromatic amines is 1. The molecule has 2 aromatic rings. The third kappa shape index (κ3) is 6.45. The maximum atomic E-state index is 13.0. The van der Waals surface area contributed by atoms with Crippen molar-refractivity contribution in [2.24, 2.45) is 0 Å². The monoisotopic (exact) mass is 461 g/mol. The summed E-state index contributed by atoms with van der Waals surface area (Å²) in [5.74, 6) is -1.49. The lowest BCUT2D eigenvalue weighted by atomic mass is 10.2. The highest BCUT2D eigenvalue weighted by molar-refractivity contribution is 6.00. The van der Waals surface area contributed by atoms with Gasteiger partial charge in [-0.15, -0.1) is 0 Å². The number of aromatic nitrogens is 2. The molecule has 5 N–H and O–H groups in total. The molecule has 0 saturated carbocycles. The van der Waals surface area contributed by atoms with Crippen molar-refractivity contribution in [3.63, 3.8) is 0 Å². The third-order valence-corrected chi connectivity index (χ3v) is 4.87.